The first-order valence-corrected chi connectivity index (χ1v) is 28.2. The number of carbonyl (C=O) groups excluding carboxylic acids is 3. The van der Waals surface area contributed by atoms with Crippen molar-refractivity contribution in [2.75, 3.05) is 23.3 Å². The maximum Gasteiger partial charge on any atom is 0.230 e. The molecule has 0 radical (unpaired) electrons. The van der Waals surface area contributed by atoms with Crippen LogP contribution in [0.3, 0.4) is 0 Å². The average molecular weight is 1010 g/mol. The number of amides is 2. The summed E-state index contributed by atoms with van der Waals surface area (Å²) in [5, 5.41) is 18.8. The summed E-state index contributed by atoms with van der Waals surface area (Å²) in [6, 6.07) is 23.5. The molecule has 0 heterocycles. The van der Waals surface area contributed by atoms with E-state index in [4.69, 9.17) is 0 Å². The molecule has 5 rings (SSSR count). The van der Waals surface area contributed by atoms with Crippen LogP contribution < -0.4 is 15.5 Å². The van der Waals surface area contributed by atoms with Crippen LogP contribution >= 0.6 is 0 Å². The highest BCUT2D eigenvalue weighted by Gasteiger charge is 2.41. The van der Waals surface area contributed by atoms with Crippen molar-refractivity contribution in [1.29, 1.82) is 0 Å². The fourth-order valence-corrected chi connectivity index (χ4v) is 10.1. The smallest absolute Gasteiger partial charge is 0.230 e. The van der Waals surface area contributed by atoms with Gasteiger partial charge in [0.05, 0.1) is 22.5 Å². The highest BCUT2D eigenvalue weighted by molar-refractivity contribution is 6.40. The van der Waals surface area contributed by atoms with Crippen molar-refractivity contribution in [3.8, 4) is 0 Å². The molecule has 74 heavy (non-hydrogen) atoms. The topological polar surface area (TPSA) is 102 Å². The van der Waals surface area contributed by atoms with Crippen molar-refractivity contribution >= 4 is 51.6 Å². The van der Waals surface area contributed by atoms with Gasteiger partial charge in [-0.05, 0) is 128 Å². The van der Waals surface area contributed by atoms with E-state index in [0.29, 0.717) is 47.2 Å². The molecule has 0 aromatic heterocycles. The van der Waals surface area contributed by atoms with Crippen LogP contribution in [0.2, 0.25) is 0 Å². The van der Waals surface area contributed by atoms with E-state index in [-0.39, 0.29) is 45.3 Å². The van der Waals surface area contributed by atoms with Crippen LogP contribution in [0, 0.1) is 33.5 Å². The van der Waals surface area contributed by atoms with E-state index in [2.05, 4.69) is 138 Å². The minimum Gasteiger partial charge on any atom is -0.506 e. The summed E-state index contributed by atoms with van der Waals surface area (Å²) in [7, 11) is 0. The first-order valence-electron chi connectivity index (χ1n) is 28.2. The number of ketones is 1. The molecular formula is C66H95N4O4+. The number of benzene rings is 3. The molecule has 3 N–H and O–H groups in total. The molecule has 3 aromatic rings. The lowest BCUT2D eigenvalue weighted by Crippen LogP contribution is -2.38. The summed E-state index contributed by atoms with van der Waals surface area (Å²) < 4.78 is 2.31. The number of unbranched alkanes of at least 4 members (excludes halogenated alkanes) is 2. The van der Waals surface area contributed by atoms with Gasteiger partial charge in [-0.1, -0.05) is 148 Å². The largest absolute Gasteiger partial charge is 0.506 e. The normalized spacial score (nSPS) is 16.9. The molecule has 0 saturated heterocycles. The minimum atomic E-state index is -0.697. The SMILES string of the molecule is CCCCc1ccc(N(CCC(C)CC(C)(C)C)c2ccc(C3=C(O)/C(=C4/C=CC(=[N+](CCC(C)CC(C)(C)C)c5ccc(CCCC)cc5)C=C4NC(=O)C(C)(C)CC)C3=O)c(NC(=O)C(C)(C)CC)c2)cc1. The van der Waals surface area contributed by atoms with E-state index in [1.807, 2.05) is 78.0 Å². The van der Waals surface area contributed by atoms with Crippen molar-refractivity contribution in [3.05, 3.63) is 124 Å². The van der Waals surface area contributed by atoms with Gasteiger partial charge in [0.25, 0.3) is 0 Å². The number of carbonyl (C=O) groups is 3. The van der Waals surface area contributed by atoms with E-state index < -0.39 is 10.8 Å². The van der Waals surface area contributed by atoms with Crippen LogP contribution in [0.25, 0.3) is 5.57 Å². The second kappa shape index (κ2) is 25.4. The minimum absolute atomic E-state index is 0.134. The summed E-state index contributed by atoms with van der Waals surface area (Å²) in [4.78, 5) is 45.5. The fourth-order valence-electron chi connectivity index (χ4n) is 10.1. The maximum absolute atomic E-state index is 14.9. The molecule has 0 saturated carbocycles. The van der Waals surface area contributed by atoms with Crippen molar-refractivity contribution < 1.29 is 24.1 Å². The molecule has 3 aromatic carbocycles. The van der Waals surface area contributed by atoms with E-state index in [1.165, 1.54) is 11.1 Å². The Morgan fingerprint density at radius 1 is 0.649 bits per heavy atom. The number of nitrogens with one attached hydrogen (secondary N) is 2. The van der Waals surface area contributed by atoms with Gasteiger partial charge < -0.3 is 20.6 Å². The van der Waals surface area contributed by atoms with Crippen molar-refractivity contribution in [2.45, 2.75) is 188 Å². The van der Waals surface area contributed by atoms with Gasteiger partial charge in [-0.25, -0.2) is 0 Å². The summed E-state index contributed by atoms with van der Waals surface area (Å²) in [5.41, 5.74) is 7.55. The van der Waals surface area contributed by atoms with Crippen molar-refractivity contribution in [2.24, 2.45) is 33.5 Å². The van der Waals surface area contributed by atoms with E-state index in [0.717, 1.165) is 100 Å². The molecule has 402 valence electrons. The molecule has 0 spiro atoms. The van der Waals surface area contributed by atoms with Gasteiger partial charge in [0, 0.05) is 70.6 Å². The van der Waals surface area contributed by atoms with Crippen LogP contribution in [0.1, 0.15) is 192 Å². The lowest BCUT2D eigenvalue weighted by Gasteiger charge is -2.31. The predicted molar refractivity (Wildman–Crippen MR) is 313 cm³/mol. The number of aliphatic hydroxyl groups is 1. The quantitative estimate of drug-likeness (QED) is 0.0613. The Labute approximate surface area is 448 Å². The molecule has 0 bridgehead atoms. The molecule has 0 aliphatic heterocycles. The lowest BCUT2D eigenvalue weighted by molar-refractivity contribution is -0.441. The van der Waals surface area contributed by atoms with E-state index >= 15 is 0 Å². The number of nitrogens with zero attached hydrogens (tertiary/aromatic N) is 2. The summed E-state index contributed by atoms with van der Waals surface area (Å²) in [6.07, 6.45) is 17.7. The number of hydrogen-bond donors (Lipinski definition) is 3. The zero-order chi connectivity index (χ0) is 54.8. The molecule has 2 aliphatic carbocycles. The molecule has 0 fully saturated rings. The molecule has 8 nitrogen and oxygen atoms in total. The average Bonchev–Trinajstić information content (AvgIpc) is 3.33. The molecular weight excluding hydrogens is 913 g/mol. The maximum atomic E-state index is 14.9. The van der Waals surface area contributed by atoms with Gasteiger partial charge in [-0.2, -0.15) is 4.58 Å². The summed E-state index contributed by atoms with van der Waals surface area (Å²) in [5.74, 6) is 0.0660. The zero-order valence-corrected chi connectivity index (χ0v) is 48.7. The van der Waals surface area contributed by atoms with Gasteiger partial charge >= 0.3 is 0 Å². The fraction of sp³-hybridized carbons (Fsp3) is 0.545. The Balaban J connectivity index is 1.68. The second-order valence-electron chi connectivity index (χ2n) is 25.4. The Morgan fingerprint density at radius 3 is 1.68 bits per heavy atom. The van der Waals surface area contributed by atoms with Gasteiger partial charge in [0.1, 0.15) is 12.3 Å². The van der Waals surface area contributed by atoms with Gasteiger partial charge in [0.15, 0.2) is 0 Å². The summed E-state index contributed by atoms with van der Waals surface area (Å²) in [6.45, 7) is 35.9. The van der Waals surface area contributed by atoms with Crippen molar-refractivity contribution in [1.82, 2.24) is 5.32 Å². The lowest BCUT2D eigenvalue weighted by atomic mass is 9.78. The second-order valence-corrected chi connectivity index (χ2v) is 25.4. The Morgan fingerprint density at radius 2 is 1.16 bits per heavy atom. The first-order chi connectivity index (χ1) is 34.7. The highest BCUT2D eigenvalue weighted by Crippen LogP contribution is 2.45. The third-order valence-electron chi connectivity index (χ3n) is 15.3. The van der Waals surface area contributed by atoms with E-state index in [1.54, 1.807) is 0 Å². The number of anilines is 3. The highest BCUT2D eigenvalue weighted by atomic mass is 16.3. The molecule has 2 amide bonds. The monoisotopic (exact) mass is 1010 g/mol. The Kier molecular flexibility index (Phi) is 20.3. The number of Topliss-reactive ketones (excluding diaryl/α,β-unsaturated/α-hetero) is 1. The van der Waals surface area contributed by atoms with Crippen LogP contribution in [0.5, 0.6) is 0 Å². The van der Waals surface area contributed by atoms with Crippen molar-refractivity contribution in [3.63, 3.8) is 0 Å². The van der Waals surface area contributed by atoms with Gasteiger partial charge in [0.2, 0.25) is 29.0 Å². The molecule has 2 atom stereocenters. The molecule has 8 heteroatoms. The number of aliphatic hydroxyl groups excluding tert-OH is 1. The Hall–Kier alpha value is -5.50. The molecule has 2 aliphatic rings. The third-order valence-corrected chi connectivity index (χ3v) is 15.3. The standard InChI is InChI=1S/C66H94N4O4/c1-17-21-23-47-25-29-49(30-26-47)69(39-37-45(5)43-63(7,8)9)51-33-35-53(55(41-51)67-61(73)65(13,14)19-3)57-59(71)58(60(57)72)54-36-34-52(42-56(54)68-62(74)66(15,16)20-4)70(40-38-46(6)44-64(10,11)12)50-31-27-48(28-32-50)24-22-18-2/h25-36,41-42,45-46H,17-24,37-40,43-44H2,1-16H3,(H2,67,68,71,72,73,74)/p+1. The number of allylic oxidation sites excluding steroid dienone is 5. The van der Waals surface area contributed by atoms with Gasteiger partial charge in [-0.15, -0.1) is 0 Å². The van der Waals surface area contributed by atoms with Crippen LogP contribution in [0.4, 0.5) is 22.7 Å². The predicted octanol–water partition coefficient (Wildman–Crippen LogP) is 16.7. The molecule has 2 unspecified atom stereocenters. The number of aryl methyl sites for hydroxylation is 2. The third kappa shape index (κ3) is 15.8. The van der Waals surface area contributed by atoms with Crippen LogP contribution in [-0.2, 0) is 27.2 Å². The van der Waals surface area contributed by atoms with Crippen LogP contribution in [-0.4, -0.2) is 46.1 Å². The zero-order valence-electron chi connectivity index (χ0n) is 48.7. The number of hydrogen-bond acceptors (Lipinski definition) is 5. The van der Waals surface area contributed by atoms with Gasteiger partial charge in [-0.3, -0.25) is 14.4 Å². The first kappa shape index (κ1) is 59.4. The van der Waals surface area contributed by atoms with E-state index in [9.17, 15) is 19.5 Å². The summed E-state index contributed by atoms with van der Waals surface area (Å²) >= 11 is 0. The van der Waals surface area contributed by atoms with Crippen LogP contribution in [0.15, 0.2) is 108 Å². The number of rotatable bonds is 24. The Bertz CT molecular complexity index is 2610.